The first-order valence-corrected chi connectivity index (χ1v) is 6.87. The summed E-state index contributed by atoms with van der Waals surface area (Å²) in [6.07, 6.45) is 1.62. The zero-order valence-corrected chi connectivity index (χ0v) is 12.1. The molecule has 120 valence electrons. The Balaban J connectivity index is 1.77. The summed E-state index contributed by atoms with van der Waals surface area (Å²) in [5.74, 6) is -0.196. The fraction of sp³-hybridized carbons (Fsp3) is 0.200. The third-order valence-corrected chi connectivity index (χ3v) is 2.88. The summed E-state index contributed by atoms with van der Waals surface area (Å²) in [5, 5.41) is 22.5. The number of para-hydroxylation sites is 1. The Kier molecular flexibility index (Phi) is 5.45. The van der Waals surface area contributed by atoms with Gasteiger partial charge < -0.3 is 15.2 Å². The van der Waals surface area contributed by atoms with Gasteiger partial charge in [0.05, 0.1) is 17.6 Å². The second-order valence-corrected chi connectivity index (χ2v) is 4.63. The van der Waals surface area contributed by atoms with Crippen LogP contribution in [0.15, 0.2) is 42.6 Å². The summed E-state index contributed by atoms with van der Waals surface area (Å²) >= 11 is 0. The lowest BCUT2D eigenvalue weighted by Gasteiger charge is -2.07. The van der Waals surface area contributed by atoms with E-state index in [1.54, 1.807) is 0 Å². The standard InChI is InChI=1S/C15H15N3O5/c19-13-9-11(18(21)22)10-16-15(13)17-14(20)7-4-8-23-12-5-2-1-3-6-12/h1-3,5-6,9-10,19H,4,7-8H2,(H,16,17,20). The molecule has 0 aliphatic carbocycles. The normalized spacial score (nSPS) is 10.1. The molecule has 1 heterocycles. The van der Waals surface area contributed by atoms with Crippen molar-refractivity contribution < 1.29 is 19.6 Å². The molecule has 2 aromatic rings. The lowest BCUT2D eigenvalue weighted by atomic mass is 10.3. The number of hydrogen-bond acceptors (Lipinski definition) is 6. The second kappa shape index (κ2) is 7.74. The summed E-state index contributed by atoms with van der Waals surface area (Å²) in [5.41, 5.74) is -0.350. The van der Waals surface area contributed by atoms with Crippen LogP contribution in [0.2, 0.25) is 0 Å². The van der Waals surface area contributed by atoms with E-state index in [4.69, 9.17) is 4.74 Å². The van der Waals surface area contributed by atoms with Crippen LogP contribution in [0, 0.1) is 10.1 Å². The van der Waals surface area contributed by atoms with E-state index in [1.165, 1.54) is 0 Å². The summed E-state index contributed by atoms with van der Waals surface area (Å²) < 4.78 is 5.45. The fourth-order valence-electron chi connectivity index (χ4n) is 1.77. The number of carbonyl (C=O) groups is 1. The summed E-state index contributed by atoms with van der Waals surface area (Å²) in [6.45, 7) is 0.372. The average molecular weight is 317 g/mol. The van der Waals surface area contributed by atoms with E-state index in [0.717, 1.165) is 18.0 Å². The molecule has 1 aromatic heterocycles. The van der Waals surface area contributed by atoms with Crippen molar-refractivity contribution in [1.82, 2.24) is 4.98 Å². The quantitative estimate of drug-likeness (QED) is 0.460. The molecule has 0 unspecified atom stereocenters. The zero-order chi connectivity index (χ0) is 16.7. The van der Waals surface area contributed by atoms with Gasteiger partial charge in [-0.15, -0.1) is 0 Å². The number of aromatic nitrogens is 1. The van der Waals surface area contributed by atoms with Crippen LogP contribution in [0.1, 0.15) is 12.8 Å². The summed E-state index contributed by atoms with van der Waals surface area (Å²) in [7, 11) is 0. The lowest BCUT2D eigenvalue weighted by molar-refractivity contribution is -0.385. The number of nitrogens with one attached hydrogen (secondary N) is 1. The van der Waals surface area contributed by atoms with Crippen molar-refractivity contribution in [2.24, 2.45) is 0 Å². The van der Waals surface area contributed by atoms with Crippen molar-refractivity contribution in [3.8, 4) is 11.5 Å². The molecule has 2 N–H and O–H groups in total. The molecule has 0 saturated carbocycles. The molecule has 0 bridgehead atoms. The zero-order valence-electron chi connectivity index (χ0n) is 12.1. The first kappa shape index (κ1) is 16.2. The Morgan fingerprint density at radius 2 is 2.09 bits per heavy atom. The van der Waals surface area contributed by atoms with Crippen LogP contribution in [0.3, 0.4) is 0 Å². The molecule has 8 nitrogen and oxygen atoms in total. The van der Waals surface area contributed by atoms with Gasteiger partial charge >= 0.3 is 0 Å². The van der Waals surface area contributed by atoms with Crippen LogP contribution in [0.4, 0.5) is 11.5 Å². The number of rotatable bonds is 7. The van der Waals surface area contributed by atoms with Gasteiger partial charge in [-0.3, -0.25) is 14.9 Å². The highest BCUT2D eigenvalue weighted by Gasteiger charge is 2.13. The minimum atomic E-state index is -0.681. The second-order valence-electron chi connectivity index (χ2n) is 4.63. The third kappa shape index (κ3) is 4.95. The van der Waals surface area contributed by atoms with E-state index in [1.807, 2.05) is 30.3 Å². The number of benzene rings is 1. The van der Waals surface area contributed by atoms with Gasteiger partial charge in [0.2, 0.25) is 5.91 Å². The number of anilines is 1. The smallest absolute Gasteiger partial charge is 0.291 e. The summed E-state index contributed by atoms with van der Waals surface area (Å²) in [6, 6.07) is 10.2. The molecule has 23 heavy (non-hydrogen) atoms. The van der Waals surface area contributed by atoms with Gasteiger partial charge in [0, 0.05) is 6.42 Å². The topological polar surface area (TPSA) is 115 Å². The van der Waals surface area contributed by atoms with Gasteiger partial charge in [0.15, 0.2) is 11.6 Å². The van der Waals surface area contributed by atoms with E-state index < -0.39 is 10.7 Å². The maximum Gasteiger partial charge on any atom is 0.291 e. The third-order valence-electron chi connectivity index (χ3n) is 2.88. The number of aromatic hydroxyl groups is 1. The minimum Gasteiger partial charge on any atom is -0.504 e. The van der Waals surface area contributed by atoms with Crippen molar-refractivity contribution in [3.05, 3.63) is 52.7 Å². The average Bonchev–Trinajstić information content (AvgIpc) is 2.54. The molecule has 0 fully saturated rings. The van der Waals surface area contributed by atoms with E-state index >= 15 is 0 Å². The number of pyridine rings is 1. The molecule has 0 spiro atoms. The van der Waals surface area contributed by atoms with E-state index in [2.05, 4.69) is 10.3 Å². The Hall–Kier alpha value is -3.16. The van der Waals surface area contributed by atoms with Crippen molar-refractivity contribution >= 4 is 17.4 Å². The Morgan fingerprint density at radius 1 is 1.35 bits per heavy atom. The highest BCUT2D eigenvalue weighted by Crippen LogP contribution is 2.25. The number of nitrogens with zero attached hydrogens (tertiary/aromatic N) is 2. The first-order valence-electron chi connectivity index (χ1n) is 6.87. The molecule has 0 saturated heterocycles. The van der Waals surface area contributed by atoms with Gasteiger partial charge in [-0.25, -0.2) is 4.98 Å². The largest absolute Gasteiger partial charge is 0.504 e. The molecule has 0 aliphatic rings. The number of hydrogen-bond donors (Lipinski definition) is 2. The number of amides is 1. The molecule has 0 radical (unpaired) electrons. The predicted molar refractivity (Wildman–Crippen MR) is 82.4 cm³/mol. The Bertz CT molecular complexity index is 691. The molecule has 1 amide bonds. The molecule has 2 rings (SSSR count). The summed E-state index contributed by atoms with van der Waals surface area (Å²) in [4.78, 5) is 25.3. The van der Waals surface area contributed by atoms with Crippen LogP contribution < -0.4 is 10.1 Å². The van der Waals surface area contributed by atoms with Gasteiger partial charge in [0.1, 0.15) is 11.9 Å². The minimum absolute atomic E-state index is 0.107. The number of nitro groups is 1. The van der Waals surface area contributed by atoms with Gasteiger partial charge in [-0.05, 0) is 18.6 Å². The lowest BCUT2D eigenvalue weighted by Crippen LogP contribution is -2.14. The molecular weight excluding hydrogens is 302 g/mol. The van der Waals surface area contributed by atoms with Gasteiger partial charge in [-0.1, -0.05) is 18.2 Å². The highest BCUT2D eigenvalue weighted by atomic mass is 16.6. The maximum atomic E-state index is 11.7. The SMILES string of the molecule is O=C(CCCOc1ccccc1)Nc1ncc([N+](=O)[O-])cc1O. The van der Waals surface area contributed by atoms with Crippen molar-refractivity contribution in [2.45, 2.75) is 12.8 Å². The molecular formula is C15H15N3O5. The predicted octanol–water partition coefficient (Wildman–Crippen LogP) is 2.49. The molecule has 0 aliphatic heterocycles. The molecule has 8 heteroatoms. The van der Waals surface area contributed by atoms with E-state index in [0.29, 0.717) is 13.0 Å². The monoisotopic (exact) mass is 317 g/mol. The van der Waals surface area contributed by atoms with Crippen molar-refractivity contribution in [2.75, 3.05) is 11.9 Å². The van der Waals surface area contributed by atoms with Gasteiger partial charge in [-0.2, -0.15) is 0 Å². The number of carbonyl (C=O) groups excluding carboxylic acids is 1. The van der Waals surface area contributed by atoms with Crippen molar-refractivity contribution in [3.63, 3.8) is 0 Å². The Labute approximate surface area is 131 Å². The maximum absolute atomic E-state index is 11.7. The van der Waals surface area contributed by atoms with Crippen LogP contribution >= 0.6 is 0 Å². The van der Waals surface area contributed by atoms with Crippen LogP contribution in [-0.4, -0.2) is 27.5 Å². The molecule has 1 aromatic carbocycles. The van der Waals surface area contributed by atoms with E-state index in [9.17, 15) is 20.0 Å². The Morgan fingerprint density at radius 3 is 2.74 bits per heavy atom. The van der Waals surface area contributed by atoms with Gasteiger partial charge in [0.25, 0.3) is 5.69 Å². The first-order chi connectivity index (χ1) is 11.1. The van der Waals surface area contributed by atoms with Crippen molar-refractivity contribution in [1.29, 1.82) is 0 Å². The van der Waals surface area contributed by atoms with E-state index in [-0.39, 0.29) is 23.8 Å². The fourth-order valence-corrected chi connectivity index (χ4v) is 1.77. The highest BCUT2D eigenvalue weighted by molar-refractivity contribution is 5.91. The van der Waals surface area contributed by atoms with Crippen LogP contribution in [0.5, 0.6) is 11.5 Å². The molecule has 0 atom stereocenters. The van der Waals surface area contributed by atoms with Crippen LogP contribution in [-0.2, 0) is 4.79 Å². The van der Waals surface area contributed by atoms with Crippen LogP contribution in [0.25, 0.3) is 0 Å². The number of ether oxygens (including phenoxy) is 1.